The molecule has 1 aromatic rings. The number of hydrogen-bond donors (Lipinski definition) is 2. The van der Waals surface area contributed by atoms with Crippen LogP contribution >= 0.6 is 0 Å². The minimum absolute atomic E-state index is 0.285. The molecule has 0 saturated carbocycles. The van der Waals surface area contributed by atoms with Crippen LogP contribution in [0.5, 0.6) is 0 Å². The predicted molar refractivity (Wildman–Crippen MR) is 51.0 cm³/mol. The third-order valence-electron chi connectivity index (χ3n) is 1.46. The quantitative estimate of drug-likeness (QED) is 0.800. The molecule has 0 radical (unpaired) electrons. The number of benzene rings is 1. The maximum Gasteiger partial charge on any atom is 0.338 e. The first-order valence-electron chi connectivity index (χ1n) is 3.63. The molecule has 2 N–H and O–H groups in total. The summed E-state index contributed by atoms with van der Waals surface area (Å²) >= 11 is 0. The number of nitrogens with one attached hydrogen (secondary N) is 1. The fraction of sp³-hybridized carbons (Fsp3) is 0.125. The van der Waals surface area contributed by atoms with E-state index in [1.54, 1.807) is 0 Å². The van der Waals surface area contributed by atoms with E-state index in [1.165, 1.54) is 12.3 Å². The SMILES string of the molecule is CS(=O)Nc1ccc(C(=O)O)c(F)c1. The smallest absolute Gasteiger partial charge is 0.338 e. The van der Waals surface area contributed by atoms with E-state index in [4.69, 9.17) is 5.11 Å². The van der Waals surface area contributed by atoms with Crippen molar-refractivity contribution in [1.82, 2.24) is 0 Å². The Morgan fingerprint density at radius 2 is 2.21 bits per heavy atom. The van der Waals surface area contributed by atoms with Crippen LogP contribution in [0.1, 0.15) is 10.4 Å². The molecule has 1 unspecified atom stereocenters. The first kappa shape index (κ1) is 10.6. The van der Waals surface area contributed by atoms with E-state index in [-0.39, 0.29) is 5.69 Å². The van der Waals surface area contributed by atoms with E-state index in [1.807, 2.05) is 0 Å². The second-order valence-electron chi connectivity index (χ2n) is 2.56. The molecule has 14 heavy (non-hydrogen) atoms. The molecule has 4 nitrogen and oxygen atoms in total. The number of rotatable bonds is 3. The summed E-state index contributed by atoms with van der Waals surface area (Å²) < 4.78 is 26.2. The number of carbonyl (C=O) groups is 1. The van der Waals surface area contributed by atoms with Gasteiger partial charge in [-0.3, -0.25) is 0 Å². The summed E-state index contributed by atoms with van der Waals surface area (Å²) in [5, 5.41) is 8.52. The molecule has 0 amide bonds. The van der Waals surface area contributed by atoms with E-state index in [9.17, 15) is 13.4 Å². The van der Waals surface area contributed by atoms with Gasteiger partial charge in [0.1, 0.15) is 16.8 Å². The van der Waals surface area contributed by atoms with Crippen LogP contribution in [-0.4, -0.2) is 21.5 Å². The Hall–Kier alpha value is -1.43. The first-order valence-corrected chi connectivity index (χ1v) is 5.19. The zero-order valence-electron chi connectivity index (χ0n) is 7.28. The molecule has 0 fully saturated rings. The maximum atomic E-state index is 13.0. The Bertz CT molecular complexity index is 394. The summed E-state index contributed by atoms with van der Waals surface area (Å²) in [4.78, 5) is 10.4. The van der Waals surface area contributed by atoms with Gasteiger partial charge < -0.3 is 9.83 Å². The van der Waals surface area contributed by atoms with E-state index in [0.717, 1.165) is 12.1 Å². The molecular weight excluding hydrogens is 209 g/mol. The van der Waals surface area contributed by atoms with Gasteiger partial charge in [0, 0.05) is 11.9 Å². The molecular formula is C8H8FNO3S. The lowest BCUT2D eigenvalue weighted by Crippen LogP contribution is -2.04. The molecule has 6 heteroatoms. The van der Waals surface area contributed by atoms with Gasteiger partial charge in [-0.1, -0.05) is 0 Å². The van der Waals surface area contributed by atoms with Crippen LogP contribution in [0.4, 0.5) is 10.1 Å². The molecule has 0 aliphatic carbocycles. The summed E-state index contributed by atoms with van der Waals surface area (Å²) in [5.41, 5.74) is -0.120. The Kier molecular flexibility index (Phi) is 3.19. The fourth-order valence-corrected chi connectivity index (χ4v) is 1.38. The topological polar surface area (TPSA) is 66.4 Å². The Labute approximate surface area is 82.3 Å². The molecule has 0 aliphatic rings. The second kappa shape index (κ2) is 4.19. The predicted octanol–water partition coefficient (Wildman–Crippen LogP) is 1.23. The average molecular weight is 217 g/mol. The zero-order valence-corrected chi connectivity index (χ0v) is 8.10. The molecule has 0 spiro atoms. The summed E-state index contributed by atoms with van der Waals surface area (Å²) in [7, 11) is -1.31. The van der Waals surface area contributed by atoms with E-state index >= 15 is 0 Å². The van der Waals surface area contributed by atoms with E-state index < -0.39 is 28.3 Å². The van der Waals surface area contributed by atoms with Gasteiger partial charge in [0.15, 0.2) is 0 Å². The van der Waals surface area contributed by atoms with Crippen molar-refractivity contribution >= 4 is 22.6 Å². The summed E-state index contributed by atoms with van der Waals surface area (Å²) in [6, 6.07) is 3.46. The van der Waals surface area contributed by atoms with Crippen molar-refractivity contribution in [3.63, 3.8) is 0 Å². The largest absolute Gasteiger partial charge is 0.478 e. The van der Waals surface area contributed by atoms with E-state index in [2.05, 4.69) is 4.72 Å². The molecule has 0 heterocycles. The lowest BCUT2D eigenvalue weighted by molar-refractivity contribution is 0.0692. The number of hydrogen-bond acceptors (Lipinski definition) is 2. The molecule has 1 rings (SSSR count). The van der Waals surface area contributed by atoms with Gasteiger partial charge in [0.25, 0.3) is 0 Å². The number of anilines is 1. The van der Waals surface area contributed by atoms with Gasteiger partial charge in [-0.15, -0.1) is 0 Å². The normalized spacial score (nSPS) is 12.1. The van der Waals surface area contributed by atoms with E-state index in [0.29, 0.717) is 0 Å². The van der Waals surface area contributed by atoms with Crippen LogP contribution in [0.25, 0.3) is 0 Å². The van der Waals surface area contributed by atoms with Crippen molar-refractivity contribution in [2.45, 2.75) is 0 Å². The van der Waals surface area contributed by atoms with Gasteiger partial charge in [-0.25, -0.2) is 13.4 Å². The fourth-order valence-electron chi connectivity index (χ4n) is 0.918. The van der Waals surface area contributed by atoms with Crippen molar-refractivity contribution < 1.29 is 18.5 Å². The molecule has 0 aromatic heterocycles. The van der Waals surface area contributed by atoms with Crippen molar-refractivity contribution in [3.05, 3.63) is 29.6 Å². The second-order valence-corrected chi connectivity index (χ2v) is 3.67. The van der Waals surface area contributed by atoms with Crippen LogP contribution in [0.15, 0.2) is 18.2 Å². The highest BCUT2D eigenvalue weighted by Gasteiger charge is 2.10. The van der Waals surface area contributed by atoms with Crippen molar-refractivity contribution in [1.29, 1.82) is 0 Å². The molecule has 0 bridgehead atoms. The number of carboxylic acid groups (broad SMARTS) is 1. The third kappa shape index (κ3) is 2.53. The standard InChI is InChI=1S/C8H8FNO3S/c1-14(13)10-5-2-3-6(8(11)12)7(9)4-5/h2-4,10H,1H3,(H,11,12). The molecule has 76 valence electrons. The molecule has 0 aliphatic heterocycles. The van der Waals surface area contributed by atoms with Crippen molar-refractivity contribution in [2.24, 2.45) is 0 Å². The Morgan fingerprint density at radius 1 is 1.57 bits per heavy atom. The summed E-state index contributed by atoms with van der Waals surface area (Å²) in [6.45, 7) is 0. The summed E-state index contributed by atoms with van der Waals surface area (Å²) in [5.74, 6) is -2.18. The number of carboxylic acids is 1. The van der Waals surface area contributed by atoms with Gasteiger partial charge in [0.2, 0.25) is 0 Å². The Balaban J connectivity index is 3.00. The molecule has 0 saturated heterocycles. The first-order chi connectivity index (χ1) is 6.50. The summed E-state index contributed by atoms with van der Waals surface area (Å²) in [6.07, 6.45) is 1.39. The molecule has 1 atom stereocenters. The lowest BCUT2D eigenvalue weighted by Gasteiger charge is -2.03. The van der Waals surface area contributed by atoms with Crippen molar-refractivity contribution in [3.8, 4) is 0 Å². The maximum absolute atomic E-state index is 13.0. The van der Waals surface area contributed by atoms with Crippen LogP contribution in [0.3, 0.4) is 0 Å². The highest BCUT2D eigenvalue weighted by atomic mass is 32.2. The highest BCUT2D eigenvalue weighted by Crippen LogP contribution is 2.14. The Morgan fingerprint density at radius 3 is 2.64 bits per heavy atom. The van der Waals surface area contributed by atoms with Crippen LogP contribution in [0.2, 0.25) is 0 Å². The zero-order chi connectivity index (χ0) is 10.7. The van der Waals surface area contributed by atoms with Gasteiger partial charge >= 0.3 is 5.97 Å². The number of halogens is 1. The van der Waals surface area contributed by atoms with Crippen LogP contribution < -0.4 is 4.72 Å². The lowest BCUT2D eigenvalue weighted by atomic mass is 10.2. The minimum Gasteiger partial charge on any atom is -0.478 e. The van der Waals surface area contributed by atoms with Gasteiger partial charge in [-0.05, 0) is 18.2 Å². The highest BCUT2D eigenvalue weighted by molar-refractivity contribution is 7.85. The van der Waals surface area contributed by atoms with Gasteiger partial charge in [0.05, 0.1) is 5.56 Å². The van der Waals surface area contributed by atoms with Gasteiger partial charge in [-0.2, -0.15) is 0 Å². The van der Waals surface area contributed by atoms with Crippen LogP contribution in [0, 0.1) is 5.82 Å². The number of aromatic carboxylic acids is 1. The van der Waals surface area contributed by atoms with Crippen LogP contribution in [-0.2, 0) is 11.0 Å². The average Bonchev–Trinajstić information content (AvgIpc) is 2.01. The minimum atomic E-state index is -1.33. The third-order valence-corrected chi connectivity index (χ3v) is 1.98. The van der Waals surface area contributed by atoms with Crippen molar-refractivity contribution in [2.75, 3.05) is 11.0 Å². The monoisotopic (exact) mass is 217 g/mol. The molecule has 1 aromatic carbocycles.